The van der Waals surface area contributed by atoms with Crippen molar-refractivity contribution in [3.63, 3.8) is 0 Å². The van der Waals surface area contributed by atoms with Crippen molar-refractivity contribution < 1.29 is 14.2 Å². The number of anilines is 1. The van der Waals surface area contributed by atoms with Gasteiger partial charge in [0.05, 0.1) is 0 Å². The van der Waals surface area contributed by atoms with Crippen LogP contribution in [-0.2, 0) is 13.2 Å². The highest BCUT2D eigenvalue weighted by atomic mass is 79.9. The summed E-state index contributed by atoms with van der Waals surface area (Å²) in [5, 5.41) is 13.5. The van der Waals surface area contributed by atoms with Crippen LogP contribution in [0.1, 0.15) is 21.6 Å². The molecular weight excluding hydrogens is 497 g/mol. The zero-order valence-electron chi connectivity index (χ0n) is 15.7. The van der Waals surface area contributed by atoms with Crippen molar-refractivity contribution in [2.45, 2.75) is 13.2 Å². The first-order chi connectivity index (χ1) is 14.0. The molecule has 8 nitrogen and oxygen atoms in total. The summed E-state index contributed by atoms with van der Waals surface area (Å²) in [6.45, 7) is 1.94. The van der Waals surface area contributed by atoms with Crippen LogP contribution in [0.2, 0.25) is 5.02 Å². The van der Waals surface area contributed by atoms with E-state index in [0.717, 1.165) is 21.3 Å². The molecule has 0 aliphatic carbocycles. The number of benzene rings is 2. The van der Waals surface area contributed by atoms with Crippen molar-refractivity contribution >= 4 is 51.7 Å². The van der Waals surface area contributed by atoms with Crippen LogP contribution in [0.3, 0.4) is 0 Å². The number of rotatable bonds is 9. The molecule has 0 spiro atoms. The number of ether oxygens (including phenoxy) is 1. The van der Waals surface area contributed by atoms with Crippen LogP contribution >= 0.6 is 39.9 Å². The Hall–Kier alpha value is -2.33. The van der Waals surface area contributed by atoms with Crippen LogP contribution < -0.4 is 21.1 Å². The Morgan fingerprint density at radius 1 is 1.17 bits per heavy atom. The summed E-state index contributed by atoms with van der Waals surface area (Å²) in [4.78, 5) is 11.9. The molecule has 0 bridgehead atoms. The first-order valence-corrected chi connectivity index (χ1v) is 9.92. The van der Waals surface area contributed by atoms with E-state index < -0.39 is 5.91 Å². The molecule has 3 rings (SSSR count). The molecule has 0 radical (unpaired) electrons. The fraction of sp³-hybridized carbons (Fsp3) is 0.211. The molecule has 160 valence electrons. The topological polar surface area (TPSA) is 115 Å². The van der Waals surface area contributed by atoms with Crippen LogP contribution in [-0.4, -0.2) is 29.3 Å². The van der Waals surface area contributed by atoms with Gasteiger partial charge in [0.15, 0.2) is 0 Å². The third-order valence-electron chi connectivity index (χ3n) is 3.96. The maximum Gasteiger partial charge on any atom is 0.277 e. The number of amides is 1. The molecule has 0 aliphatic rings. The lowest BCUT2D eigenvalue weighted by molar-refractivity contribution is 0.0944. The number of nitrogens with one attached hydrogen (secondary N) is 2. The minimum Gasteiger partial charge on any atom is -0.489 e. The fourth-order valence-corrected chi connectivity index (χ4v) is 3.03. The fourth-order valence-electron chi connectivity index (χ4n) is 2.49. The van der Waals surface area contributed by atoms with Crippen LogP contribution in [0.4, 0.5) is 5.82 Å². The number of aromatic nitrogens is 2. The van der Waals surface area contributed by atoms with E-state index >= 15 is 0 Å². The Kier molecular flexibility index (Phi) is 9.38. The monoisotopic (exact) mass is 515 g/mol. The number of halogens is 3. The van der Waals surface area contributed by atoms with Crippen molar-refractivity contribution in [2.24, 2.45) is 0 Å². The lowest BCUT2D eigenvalue weighted by Crippen LogP contribution is -2.32. The first-order valence-electron chi connectivity index (χ1n) is 8.75. The van der Waals surface area contributed by atoms with Gasteiger partial charge in [-0.25, -0.2) is 4.63 Å². The number of nitrogens with zero attached hydrogens (tertiary/aromatic N) is 2. The van der Waals surface area contributed by atoms with Crippen LogP contribution in [0.25, 0.3) is 0 Å². The molecule has 4 N–H and O–H groups in total. The lowest BCUT2D eigenvalue weighted by atomic mass is 10.2. The van der Waals surface area contributed by atoms with Gasteiger partial charge in [0.25, 0.3) is 5.91 Å². The number of carbonyl (C=O) groups is 1. The molecule has 0 unspecified atom stereocenters. The smallest absolute Gasteiger partial charge is 0.277 e. The second-order valence-corrected chi connectivity index (χ2v) is 7.45. The maximum absolute atomic E-state index is 11.9. The zero-order valence-corrected chi connectivity index (χ0v) is 18.9. The summed E-state index contributed by atoms with van der Waals surface area (Å²) in [6, 6.07) is 13.4. The molecule has 0 saturated heterocycles. The van der Waals surface area contributed by atoms with Gasteiger partial charge in [-0.15, -0.1) is 12.4 Å². The zero-order chi connectivity index (χ0) is 20.6. The standard InChI is InChI=1S/C19H19BrClN5O3.ClH/c20-14-3-6-16(28-11-12-1-4-15(21)5-2-12)13(9-14)10-23-7-8-24-19(27)17-18(22)26-29-25-17;/h1-6,9,23H,7-8,10-11H2,(H2,22,26)(H,24,27);1H. The molecule has 0 atom stereocenters. The molecule has 11 heteroatoms. The van der Waals surface area contributed by atoms with Crippen molar-refractivity contribution in [1.29, 1.82) is 0 Å². The molecule has 0 saturated carbocycles. The average molecular weight is 517 g/mol. The van der Waals surface area contributed by atoms with E-state index in [0.29, 0.717) is 31.3 Å². The van der Waals surface area contributed by atoms with Crippen LogP contribution in [0, 0.1) is 0 Å². The Morgan fingerprint density at radius 2 is 1.93 bits per heavy atom. The Morgan fingerprint density at radius 3 is 2.63 bits per heavy atom. The first kappa shape index (κ1) is 23.9. The molecule has 0 fully saturated rings. The van der Waals surface area contributed by atoms with Gasteiger partial charge in [0.1, 0.15) is 12.4 Å². The van der Waals surface area contributed by atoms with Gasteiger partial charge >= 0.3 is 0 Å². The Labute approximate surface area is 193 Å². The minimum absolute atomic E-state index is 0. The highest BCUT2D eigenvalue weighted by Crippen LogP contribution is 2.24. The predicted octanol–water partition coefficient (Wildman–Crippen LogP) is 3.59. The van der Waals surface area contributed by atoms with Gasteiger partial charge in [-0.2, -0.15) is 0 Å². The largest absolute Gasteiger partial charge is 0.489 e. The quantitative estimate of drug-likeness (QED) is 0.372. The van der Waals surface area contributed by atoms with Gasteiger partial charge in [0.2, 0.25) is 11.5 Å². The molecule has 2 aromatic carbocycles. The van der Waals surface area contributed by atoms with Crippen LogP contribution in [0.5, 0.6) is 5.75 Å². The van der Waals surface area contributed by atoms with Crippen molar-refractivity contribution in [3.05, 3.63) is 68.8 Å². The second kappa shape index (κ2) is 11.8. The normalized spacial score (nSPS) is 10.3. The van der Waals surface area contributed by atoms with Crippen molar-refractivity contribution in [3.8, 4) is 5.75 Å². The van der Waals surface area contributed by atoms with E-state index in [1.807, 2.05) is 42.5 Å². The maximum atomic E-state index is 11.9. The van der Waals surface area contributed by atoms with Gasteiger partial charge in [0, 0.05) is 34.7 Å². The second-order valence-electron chi connectivity index (χ2n) is 6.10. The van der Waals surface area contributed by atoms with Crippen molar-refractivity contribution in [2.75, 3.05) is 18.8 Å². The molecule has 1 heterocycles. The number of carbonyl (C=O) groups excluding carboxylic acids is 1. The average Bonchev–Trinajstić information content (AvgIpc) is 3.14. The minimum atomic E-state index is -0.431. The van der Waals surface area contributed by atoms with Crippen molar-refractivity contribution in [1.82, 2.24) is 20.9 Å². The molecule has 0 aliphatic heterocycles. The number of hydrogen-bond acceptors (Lipinski definition) is 7. The van der Waals surface area contributed by atoms with E-state index in [4.69, 9.17) is 22.1 Å². The SMILES string of the molecule is Cl.Nc1nonc1C(=O)NCCNCc1cc(Br)ccc1OCc1ccc(Cl)cc1. The summed E-state index contributed by atoms with van der Waals surface area (Å²) >= 11 is 9.39. The van der Waals surface area contributed by atoms with E-state index in [9.17, 15) is 4.79 Å². The summed E-state index contributed by atoms with van der Waals surface area (Å²) < 4.78 is 11.3. The number of hydrogen-bond donors (Lipinski definition) is 3. The summed E-state index contributed by atoms with van der Waals surface area (Å²) in [7, 11) is 0. The van der Waals surface area contributed by atoms with Gasteiger partial charge in [-0.05, 0) is 46.2 Å². The molecule has 1 aromatic heterocycles. The summed E-state index contributed by atoms with van der Waals surface area (Å²) in [5.41, 5.74) is 7.49. The van der Waals surface area contributed by atoms with Gasteiger partial charge in [-0.1, -0.05) is 39.7 Å². The number of nitrogen functional groups attached to an aromatic ring is 1. The molecule has 30 heavy (non-hydrogen) atoms. The molecule has 3 aromatic rings. The van der Waals surface area contributed by atoms with Crippen LogP contribution in [0.15, 0.2) is 51.6 Å². The summed E-state index contributed by atoms with van der Waals surface area (Å²) in [5.74, 6) is 0.313. The third kappa shape index (κ3) is 6.88. The van der Waals surface area contributed by atoms with E-state index in [-0.39, 0.29) is 23.9 Å². The van der Waals surface area contributed by atoms with Gasteiger partial charge in [-0.3, -0.25) is 4.79 Å². The highest BCUT2D eigenvalue weighted by molar-refractivity contribution is 9.10. The highest BCUT2D eigenvalue weighted by Gasteiger charge is 2.15. The Bertz CT molecular complexity index is 969. The third-order valence-corrected chi connectivity index (χ3v) is 4.71. The lowest BCUT2D eigenvalue weighted by Gasteiger charge is -2.13. The predicted molar refractivity (Wildman–Crippen MR) is 120 cm³/mol. The summed E-state index contributed by atoms with van der Waals surface area (Å²) in [6.07, 6.45) is 0. The van der Waals surface area contributed by atoms with E-state index in [2.05, 4.69) is 41.5 Å². The molecule has 1 amide bonds. The van der Waals surface area contributed by atoms with E-state index in [1.165, 1.54) is 0 Å². The molecular formula is C19H20BrCl2N5O3. The van der Waals surface area contributed by atoms with Gasteiger partial charge < -0.3 is 21.1 Å². The Balaban J connectivity index is 0.00000320. The number of nitrogens with two attached hydrogens (primary N) is 1. The van der Waals surface area contributed by atoms with E-state index in [1.54, 1.807) is 0 Å².